The van der Waals surface area contributed by atoms with Crippen LogP contribution in [0.3, 0.4) is 0 Å². The third-order valence-electron chi connectivity index (χ3n) is 3.19. The first-order valence-corrected chi connectivity index (χ1v) is 7.10. The van der Waals surface area contributed by atoms with Gasteiger partial charge < -0.3 is 20.3 Å². The Hall–Kier alpha value is -2.41. The van der Waals surface area contributed by atoms with Crippen LogP contribution in [0.4, 0.5) is 10.5 Å². The van der Waals surface area contributed by atoms with E-state index in [0.29, 0.717) is 23.0 Å². The molecule has 0 fully saturated rings. The zero-order valence-electron chi connectivity index (χ0n) is 12.8. The number of carbonyl (C=O) groups excluding carboxylic acids is 1. The summed E-state index contributed by atoms with van der Waals surface area (Å²) in [5.41, 5.74) is 1.23. The van der Waals surface area contributed by atoms with Crippen LogP contribution in [-0.2, 0) is 0 Å². The molecule has 2 rings (SSSR count). The molecule has 7 nitrogen and oxygen atoms in total. The molecule has 1 atom stereocenters. The van der Waals surface area contributed by atoms with Crippen molar-refractivity contribution in [1.29, 1.82) is 0 Å². The molecule has 0 saturated carbocycles. The number of amides is 2. The van der Waals surface area contributed by atoms with Crippen molar-refractivity contribution in [2.45, 2.75) is 26.9 Å². The molecule has 2 amide bonds. The number of nitrogens with zero attached hydrogens (tertiary/aromatic N) is 2. The van der Waals surface area contributed by atoms with Gasteiger partial charge in [-0.2, -0.15) is 4.98 Å². The molecule has 3 N–H and O–H groups in total. The summed E-state index contributed by atoms with van der Waals surface area (Å²) < 4.78 is 4.96. The number of carbonyl (C=O) groups is 1. The van der Waals surface area contributed by atoms with Gasteiger partial charge in [0.1, 0.15) is 0 Å². The van der Waals surface area contributed by atoms with E-state index in [1.165, 1.54) is 0 Å². The van der Waals surface area contributed by atoms with Crippen LogP contribution in [0.25, 0.3) is 11.4 Å². The zero-order valence-corrected chi connectivity index (χ0v) is 12.8. The summed E-state index contributed by atoms with van der Waals surface area (Å²) in [6.45, 7) is 5.66. The van der Waals surface area contributed by atoms with Crippen LogP contribution in [0.15, 0.2) is 28.8 Å². The Morgan fingerprint density at radius 3 is 2.73 bits per heavy atom. The molecule has 0 spiro atoms. The minimum absolute atomic E-state index is 0.0786. The van der Waals surface area contributed by atoms with Crippen molar-refractivity contribution >= 4 is 11.7 Å². The molecule has 0 bridgehead atoms. The number of para-hydroxylation sites is 1. The quantitative estimate of drug-likeness (QED) is 0.786. The molecule has 2 aromatic rings. The van der Waals surface area contributed by atoms with Crippen LogP contribution in [0.2, 0.25) is 0 Å². The number of aliphatic hydroxyl groups excluding tert-OH is 1. The molecule has 7 heteroatoms. The average Bonchev–Trinajstić information content (AvgIpc) is 2.91. The minimum atomic E-state index is -0.583. The predicted octanol–water partition coefficient (Wildman–Crippen LogP) is 2.18. The molecule has 1 aromatic carbocycles. The first-order valence-electron chi connectivity index (χ1n) is 7.10. The lowest BCUT2D eigenvalue weighted by molar-refractivity contribution is 0.126. The van der Waals surface area contributed by atoms with Gasteiger partial charge in [-0.1, -0.05) is 31.1 Å². The molecular formula is C15H20N4O3. The number of urea groups is 1. The zero-order chi connectivity index (χ0) is 16.1. The lowest BCUT2D eigenvalue weighted by atomic mass is 10.1. The number of rotatable bonds is 5. The number of hydrogen-bond donors (Lipinski definition) is 3. The molecule has 1 heterocycles. The van der Waals surface area contributed by atoms with E-state index in [1.54, 1.807) is 25.1 Å². The smallest absolute Gasteiger partial charge is 0.319 e. The molecule has 0 aliphatic rings. The first kappa shape index (κ1) is 16.0. The van der Waals surface area contributed by atoms with Gasteiger partial charge in [0.25, 0.3) is 0 Å². The summed E-state index contributed by atoms with van der Waals surface area (Å²) in [6.07, 6.45) is -0.583. The third-order valence-corrected chi connectivity index (χ3v) is 3.19. The molecule has 0 aliphatic heterocycles. The molecule has 22 heavy (non-hydrogen) atoms. The Balaban J connectivity index is 2.05. The summed E-state index contributed by atoms with van der Waals surface area (Å²) in [7, 11) is 0. The van der Waals surface area contributed by atoms with Gasteiger partial charge in [0.05, 0.1) is 11.8 Å². The highest BCUT2D eigenvalue weighted by molar-refractivity contribution is 5.93. The molecule has 1 aromatic heterocycles. The van der Waals surface area contributed by atoms with Gasteiger partial charge in [0.15, 0.2) is 0 Å². The number of aromatic nitrogens is 2. The Labute approximate surface area is 128 Å². The summed E-state index contributed by atoms with van der Waals surface area (Å²) in [6, 6.07) is 6.77. The highest BCUT2D eigenvalue weighted by Gasteiger charge is 2.14. The predicted molar refractivity (Wildman–Crippen MR) is 82.3 cm³/mol. The highest BCUT2D eigenvalue weighted by Crippen LogP contribution is 2.25. The van der Waals surface area contributed by atoms with Crippen LogP contribution in [0.5, 0.6) is 0 Å². The van der Waals surface area contributed by atoms with E-state index in [1.807, 2.05) is 19.9 Å². The van der Waals surface area contributed by atoms with E-state index in [9.17, 15) is 9.90 Å². The maximum atomic E-state index is 11.9. The monoisotopic (exact) mass is 304 g/mol. The SMILES string of the molecule is Cc1nc(-c2ccccc2NC(=O)NC[C@H](O)C(C)C)no1. The van der Waals surface area contributed by atoms with Crippen molar-refractivity contribution in [3.05, 3.63) is 30.2 Å². The molecule has 0 radical (unpaired) electrons. The standard InChI is InChI=1S/C15H20N4O3/c1-9(2)13(20)8-16-15(21)18-12-7-5-4-6-11(12)14-17-10(3)22-19-14/h4-7,9,13,20H,8H2,1-3H3,(H2,16,18,21)/t13-/m0/s1. The summed E-state index contributed by atoms with van der Waals surface area (Å²) in [4.78, 5) is 16.1. The van der Waals surface area contributed by atoms with Crippen molar-refractivity contribution in [2.24, 2.45) is 5.92 Å². The lowest BCUT2D eigenvalue weighted by Gasteiger charge is -2.16. The second kappa shape index (κ2) is 7.04. The number of aliphatic hydroxyl groups is 1. The molecular weight excluding hydrogens is 284 g/mol. The number of anilines is 1. The Bertz CT molecular complexity index is 639. The number of nitrogens with one attached hydrogen (secondary N) is 2. The van der Waals surface area contributed by atoms with Gasteiger partial charge in [-0.05, 0) is 18.1 Å². The summed E-state index contributed by atoms with van der Waals surface area (Å²) in [5.74, 6) is 0.944. The van der Waals surface area contributed by atoms with Crippen molar-refractivity contribution < 1.29 is 14.4 Å². The second-order valence-corrected chi connectivity index (χ2v) is 5.33. The van der Waals surface area contributed by atoms with Crippen molar-refractivity contribution in [3.8, 4) is 11.4 Å². The van der Waals surface area contributed by atoms with E-state index >= 15 is 0 Å². The lowest BCUT2D eigenvalue weighted by Crippen LogP contribution is -2.37. The van der Waals surface area contributed by atoms with Crippen LogP contribution < -0.4 is 10.6 Å². The number of benzene rings is 1. The number of aryl methyl sites for hydroxylation is 1. The molecule has 0 unspecified atom stereocenters. The largest absolute Gasteiger partial charge is 0.391 e. The third kappa shape index (κ3) is 4.05. The van der Waals surface area contributed by atoms with E-state index in [-0.39, 0.29) is 12.5 Å². The molecule has 0 aliphatic carbocycles. The second-order valence-electron chi connectivity index (χ2n) is 5.33. The van der Waals surface area contributed by atoms with Gasteiger partial charge in [-0.25, -0.2) is 4.79 Å². The fourth-order valence-electron chi connectivity index (χ4n) is 1.80. The van der Waals surface area contributed by atoms with E-state index in [0.717, 1.165) is 0 Å². The normalized spacial score (nSPS) is 12.2. The summed E-state index contributed by atoms with van der Waals surface area (Å²) >= 11 is 0. The fourth-order valence-corrected chi connectivity index (χ4v) is 1.80. The van der Waals surface area contributed by atoms with Crippen LogP contribution >= 0.6 is 0 Å². The Morgan fingerprint density at radius 2 is 2.09 bits per heavy atom. The van der Waals surface area contributed by atoms with E-state index in [4.69, 9.17) is 4.52 Å². The van der Waals surface area contributed by atoms with Crippen molar-refractivity contribution in [1.82, 2.24) is 15.5 Å². The van der Waals surface area contributed by atoms with E-state index < -0.39 is 12.1 Å². The maximum Gasteiger partial charge on any atom is 0.319 e. The van der Waals surface area contributed by atoms with Crippen LogP contribution in [0, 0.1) is 12.8 Å². The molecule has 118 valence electrons. The Morgan fingerprint density at radius 1 is 1.36 bits per heavy atom. The van der Waals surface area contributed by atoms with Crippen molar-refractivity contribution in [2.75, 3.05) is 11.9 Å². The van der Waals surface area contributed by atoms with Crippen molar-refractivity contribution in [3.63, 3.8) is 0 Å². The minimum Gasteiger partial charge on any atom is -0.391 e. The summed E-state index contributed by atoms with van der Waals surface area (Å²) in [5, 5.41) is 18.9. The van der Waals surface area contributed by atoms with Gasteiger partial charge in [0.2, 0.25) is 11.7 Å². The highest BCUT2D eigenvalue weighted by atomic mass is 16.5. The maximum absolute atomic E-state index is 11.9. The first-order chi connectivity index (χ1) is 10.5. The number of hydrogen-bond acceptors (Lipinski definition) is 5. The molecule has 0 saturated heterocycles. The topological polar surface area (TPSA) is 100 Å². The average molecular weight is 304 g/mol. The van der Waals surface area contributed by atoms with Gasteiger partial charge in [0, 0.05) is 19.0 Å². The van der Waals surface area contributed by atoms with E-state index in [2.05, 4.69) is 20.8 Å². The van der Waals surface area contributed by atoms with Crippen LogP contribution in [0.1, 0.15) is 19.7 Å². The fraction of sp³-hybridized carbons (Fsp3) is 0.400. The Kier molecular flexibility index (Phi) is 5.11. The van der Waals surface area contributed by atoms with Gasteiger partial charge in [-0.3, -0.25) is 0 Å². The van der Waals surface area contributed by atoms with Gasteiger partial charge in [-0.15, -0.1) is 0 Å². The van der Waals surface area contributed by atoms with Gasteiger partial charge >= 0.3 is 6.03 Å². The van der Waals surface area contributed by atoms with Crippen LogP contribution in [-0.4, -0.2) is 33.9 Å².